The van der Waals surface area contributed by atoms with Gasteiger partial charge in [-0.1, -0.05) is 6.58 Å². The van der Waals surface area contributed by atoms with E-state index in [1.807, 2.05) is 6.92 Å². The Balaban J connectivity index is 2.71. The highest BCUT2D eigenvalue weighted by molar-refractivity contribution is 5.86. The average Bonchev–Trinajstić information content (AvgIpc) is 2.33. The van der Waals surface area contributed by atoms with E-state index < -0.39 is 0 Å². The second kappa shape index (κ2) is 4.37. The van der Waals surface area contributed by atoms with Gasteiger partial charge in [0, 0.05) is 13.2 Å². The van der Waals surface area contributed by atoms with Crippen LogP contribution in [0.25, 0.3) is 16.7 Å². The number of aryl methyl sites for hydroxylation is 1. The Morgan fingerprint density at radius 1 is 1.53 bits per heavy atom. The summed E-state index contributed by atoms with van der Waals surface area (Å²) in [5.74, 6) is 0.429. The molecule has 5 nitrogen and oxygen atoms in total. The summed E-state index contributed by atoms with van der Waals surface area (Å²) in [4.78, 5) is 20.3. The molecule has 2 aromatic heterocycles. The zero-order valence-electron chi connectivity index (χ0n) is 9.80. The number of nitrogens with zero attached hydrogens (tertiary/aromatic N) is 3. The molecular weight excluding hydrogens is 218 g/mol. The van der Waals surface area contributed by atoms with Gasteiger partial charge in [0.1, 0.15) is 17.0 Å². The number of hydrogen-bond donors (Lipinski definition) is 0. The van der Waals surface area contributed by atoms with Crippen molar-refractivity contribution >= 4 is 16.7 Å². The molecule has 0 bridgehead atoms. The lowest BCUT2D eigenvalue weighted by Crippen LogP contribution is -2.17. The molecule has 0 fully saturated rings. The van der Waals surface area contributed by atoms with Crippen molar-refractivity contribution in [1.82, 2.24) is 14.5 Å². The van der Waals surface area contributed by atoms with Crippen LogP contribution in [0.3, 0.4) is 0 Å². The second-order valence-corrected chi connectivity index (χ2v) is 3.57. The first-order chi connectivity index (χ1) is 8.15. The van der Waals surface area contributed by atoms with Crippen molar-refractivity contribution in [2.45, 2.75) is 6.92 Å². The van der Waals surface area contributed by atoms with E-state index in [1.165, 1.54) is 10.9 Å². The number of hydrogen-bond acceptors (Lipinski definition) is 4. The lowest BCUT2D eigenvalue weighted by Gasteiger charge is -2.08. The summed E-state index contributed by atoms with van der Waals surface area (Å²) in [6.07, 6.45) is 3.03. The predicted molar refractivity (Wildman–Crippen MR) is 65.4 cm³/mol. The first-order valence-electron chi connectivity index (χ1n) is 5.27. The molecule has 0 aliphatic heterocycles. The number of ether oxygens (including phenoxy) is 1. The van der Waals surface area contributed by atoms with Gasteiger partial charge in [-0.25, -0.2) is 4.98 Å². The molecule has 0 aromatic carbocycles. The van der Waals surface area contributed by atoms with Gasteiger partial charge in [0.2, 0.25) is 0 Å². The maximum atomic E-state index is 11.9. The first kappa shape index (κ1) is 11.3. The Bertz CT molecular complexity index is 631. The van der Waals surface area contributed by atoms with E-state index in [0.717, 1.165) is 0 Å². The summed E-state index contributed by atoms with van der Waals surface area (Å²) < 4.78 is 6.73. The summed E-state index contributed by atoms with van der Waals surface area (Å²) >= 11 is 0. The molecule has 17 heavy (non-hydrogen) atoms. The summed E-state index contributed by atoms with van der Waals surface area (Å²) in [6, 6.07) is 1.65. The first-order valence-corrected chi connectivity index (χ1v) is 5.27. The van der Waals surface area contributed by atoms with Crippen LogP contribution < -0.4 is 5.56 Å². The van der Waals surface area contributed by atoms with Gasteiger partial charge in [0.15, 0.2) is 0 Å². The maximum Gasteiger partial charge on any atom is 0.261 e. The fourth-order valence-electron chi connectivity index (χ4n) is 1.59. The van der Waals surface area contributed by atoms with Crippen molar-refractivity contribution < 1.29 is 4.74 Å². The van der Waals surface area contributed by atoms with Crippen LogP contribution in [0.1, 0.15) is 12.6 Å². The normalized spacial score (nSPS) is 10.5. The summed E-state index contributed by atoms with van der Waals surface area (Å²) in [6.45, 7) is 6.15. The minimum atomic E-state index is -0.108. The molecule has 2 rings (SSSR count). The third kappa shape index (κ3) is 1.91. The van der Waals surface area contributed by atoms with Gasteiger partial charge in [-0.05, 0) is 13.0 Å². The van der Waals surface area contributed by atoms with E-state index in [2.05, 4.69) is 16.5 Å². The topological polar surface area (TPSA) is 57.0 Å². The third-order valence-electron chi connectivity index (χ3n) is 2.42. The van der Waals surface area contributed by atoms with Crippen LogP contribution in [0, 0.1) is 0 Å². The highest BCUT2D eigenvalue weighted by atomic mass is 16.5. The number of pyridine rings is 1. The third-order valence-corrected chi connectivity index (χ3v) is 2.42. The highest BCUT2D eigenvalue weighted by Gasteiger charge is 2.10. The lowest BCUT2D eigenvalue weighted by atomic mass is 10.2. The molecular formula is C12H13N3O2. The van der Waals surface area contributed by atoms with Crippen LogP contribution >= 0.6 is 0 Å². The summed E-state index contributed by atoms with van der Waals surface area (Å²) in [7, 11) is 1.66. The van der Waals surface area contributed by atoms with Crippen LogP contribution in [-0.2, 0) is 11.8 Å². The maximum absolute atomic E-state index is 11.9. The molecule has 0 saturated heterocycles. The van der Waals surface area contributed by atoms with Gasteiger partial charge in [-0.15, -0.1) is 0 Å². The van der Waals surface area contributed by atoms with Crippen LogP contribution in [0.2, 0.25) is 0 Å². The average molecular weight is 231 g/mol. The van der Waals surface area contributed by atoms with Crippen LogP contribution in [0.5, 0.6) is 0 Å². The van der Waals surface area contributed by atoms with Gasteiger partial charge >= 0.3 is 0 Å². The summed E-state index contributed by atoms with van der Waals surface area (Å²) in [5.41, 5.74) is 0.930. The standard InChI is InChI=1S/C12H13N3O2/c1-4-17-8(2)10-11-9(5-6-13-10)12(16)15(3)7-14-11/h5-7H,2,4H2,1,3H3. The second-order valence-electron chi connectivity index (χ2n) is 3.57. The molecule has 0 atom stereocenters. The summed E-state index contributed by atoms with van der Waals surface area (Å²) in [5, 5.41) is 0.515. The van der Waals surface area contributed by atoms with Crippen LogP contribution in [0.4, 0.5) is 0 Å². The van der Waals surface area contributed by atoms with Crippen LogP contribution in [0.15, 0.2) is 30.0 Å². The molecule has 88 valence electrons. The minimum absolute atomic E-state index is 0.108. The van der Waals surface area contributed by atoms with Crippen molar-refractivity contribution in [2.75, 3.05) is 6.61 Å². The zero-order valence-corrected chi connectivity index (χ0v) is 9.80. The molecule has 0 saturated carbocycles. The molecule has 0 spiro atoms. The van der Waals surface area contributed by atoms with Crippen molar-refractivity contribution in [3.8, 4) is 0 Å². The molecule has 2 aromatic rings. The number of aromatic nitrogens is 3. The molecule has 0 amide bonds. The van der Waals surface area contributed by atoms with Crippen molar-refractivity contribution in [3.63, 3.8) is 0 Å². The van der Waals surface area contributed by atoms with Crippen molar-refractivity contribution in [3.05, 3.63) is 41.2 Å². The van der Waals surface area contributed by atoms with E-state index in [1.54, 1.807) is 19.3 Å². The minimum Gasteiger partial charge on any atom is -0.492 e. The Morgan fingerprint density at radius 2 is 2.29 bits per heavy atom. The Morgan fingerprint density at radius 3 is 3.00 bits per heavy atom. The van der Waals surface area contributed by atoms with E-state index in [9.17, 15) is 4.79 Å². The van der Waals surface area contributed by atoms with Gasteiger partial charge in [-0.3, -0.25) is 9.78 Å². The largest absolute Gasteiger partial charge is 0.492 e. The van der Waals surface area contributed by atoms with Gasteiger partial charge in [-0.2, -0.15) is 0 Å². The van der Waals surface area contributed by atoms with E-state index in [-0.39, 0.29) is 5.56 Å². The Labute approximate surface area is 98.4 Å². The molecule has 0 aliphatic carbocycles. The quantitative estimate of drug-likeness (QED) is 0.748. The predicted octanol–water partition coefficient (Wildman–Crippen LogP) is 1.34. The zero-order chi connectivity index (χ0) is 12.4. The lowest BCUT2D eigenvalue weighted by molar-refractivity contribution is 0.298. The highest BCUT2D eigenvalue weighted by Crippen LogP contribution is 2.18. The van der Waals surface area contributed by atoms with Crippen molar-refractivity contribution in [2.24, 2.45) is 7.05 Å². The molecule has 0 aliphatic rings. The SMILES string of the molecule is C=C(OCC)c1nccc2c(=O)n(C)cnc12. The molecule has 5 heteroatoms. The number of fused-ring (bicyclic) bond motifs is 1. The van der Waals surface area contributed by atoms with Gasteiger partial charge in [0.25, 0.3) is 5.56 Å². The number of rotatable bonds is 3. The van der Waals surface area contributed by atoms with Crippen molar-refractivity contribution in [1.29, 1.82) is 0 Å². The van der Waals surface area contributed by atoms with E-state index in [4.69, 9.17) is 4.74 Å². The van der Waals surface area contributed by atoms with Crippen LogP contribution in [-0.4, -0.2) is 21.1 Å². The molecule has 0 N–H and O–H groups in total. The van der Waals surface area contributed by atoms with E-state index >= 15 is 0 Å². The fourth-order valence-corrected chi connectivity index (χ4v) is 1.59. The Hall–Kier alpha value is -2.17. The Kier molecular flexibility index (Phi) is 2.91. The van der Waals surface area contributed by atoms with Gasteiger partial charge < -0.3 is 9.30 Å². The monoisotopic (exact) mass is 231 g/mol. The van der Waals surface area contributed by atoms with Gasteiger partial charge in [0.05, 0.1) is 18.3 Å². The fraction of sp³-hybridized carbons (Fsp3) is 0.250. The molecule has 0 radical (unpaired) electrons. The van der Waals surface area contributed by atoms with E-state index in [0.29, 0.717) is 29.0 Å². The molecule has 2 heterocycles. The smallest absolute Gasteiger partial charge is 0.261 e. The molecule has 0 unspecified atom stereocenters.